The fraction of sp³-hybridized carbons (Fsp3) is 0.467. The highest BCUT2D eigenvalue weighted by Gasteiger charge is 2.32. The van der Waals surface area contributed by atoms with Crippen molar-refractivity contribution in [3.63, 3.8) is 0 Å². The molecule has 1 aromatic carbocycles. The highest BCUT2D eigenvalue weighted by Crippen LogP contribution is 2.25. The van der Waals surface area contributed by atoms with Gasteiger partial charge in [-0.1, -0.05) is 0 Å². The number of nitrogen functional groups attached to an aromatic ring is 1. The highest BCUT2D eigenvalue weighted by molar-refractivity contribution is 5.95. The Morgan fingerprint density at radius 2 is 2.10 bits per heavy atom. The van der Waals surface area contributed by atoms with Crippen molar-refractivity contribution in [2.24, 2.45) is 5.92 Å². The Bertz CT molecular complexity index is 542. The van der Waals surface area contributed by atoms with Gasteiger partial charge in [-0.3, -0.25) is 9.59 Å². The summed E-state index contributed by atoms with van der Waals surface area (Å²) in [6.07, 6.45) is 1.02. The Balaban J connectivity index is 2.13. The van der Waals surface area contributed by atoms with E-state index in [9.17, 15) is 9.59 Å². The summed E-state index contributed by atoms with van der Waals surface area (Å²) in [4.78, 5) is 25.3. The number of likely N-dealkylation sites (tertiary alicyclic amines) is 1. The molecule has 1 aliphatic heterocycles. The minimum atomic E-state index is -0.771. The third-order valence-corrected chi connectivity index (χ3v) is 4.00. The van der Waals surface area contributed by atoms with Gasteiger partial charge in [-0.05, 0) is 50.5 Å². The van der Waals surface area contributed by atoms with E-state index in [0.717, 1.165) is 5.56 Å². The SMILES string of the molecule is Cc1cc(C(=O)N2CCC(C(=O)O)CC2C)ccc1N. The van der Waals surface area contributed by atoms with Gasteiger partial charge in [0.15, 0.2) is 0 Å². The van der Waals surface area contributed by atoms with E-state index in [4.69, 9.17) is 10.8 Å². The van der Waals surface area contributed by atoms with Crippen molar-refractivity contribution in [3.8, 4) is 0 Å². The smallest absolute Gasteiger partial charge is 0.306 e. The Morgan fingerprint density at radius 1 is 1.40 bits per heavy atom. The van der Waals surface area contributed by atoms with Gasteiger partial charge in [-0.2, -0.15) is 0 Å². The summed E-state index contributed by atoms with van der Waals surface area (Å²) in [5.74, 6) is -1.17. The number of anilines is 1. The monoisotopic (exact) mass is 276 g/mol. The lowest BCUT2D eigenvalue weighted by Gasteiger charge is -2.36. The maximum Gasteiger partial charge on any atom is 0.306 e. The van der Waals surface area contributed by atoms with Crippen LogP contribution in [-0.2, 0) is 4.79 Å². The number of benzene rings is 1. The van der Waals surface area contributed by atoms with Gasteiger partial charge in [-0.25, -0.2) is 0 Å². The molecule has 2 unspecified atom stereocenters. The van der Waals surface area contributed by atoms with Gasteiger partial charge in [0.05, 0.1) is 5.92 Å². The van der Waals surface area contributed by atoms with Gasteiger partial charge in [-0.15, -0.1) is 0 Å². The van der Waals surface area contributed by atoms with Crippen LogP contribution in [0, 0.1) is 12.8 Å². The zero-order valence-electron chi connectivity index (χ0n) is 11.8. The molecule has 0 spiro atoms. The second kappa shape index (κ2) is 5.53. The number of carboxylic acid groups (broad SMARTS) is 1. The van der Waals surface area contributed by atoms with Crippen molar-refractivity contribution in [3.05, 3.63) is 29.3 Å². The van der Waals surface area contributed by atoms with Crippen LogP contribution < -0.4 is 5.73 Å². The second-order valence-corrected chi connectivity index (χ2v) is 5.48. The van der Waals surface area contributed by atoms with E-state index >= 15 is 0 Å². The number of nitrogens with two attached hydrogens (primary N) is 1. The van der Waals surface area contributed by atoms with Crippen molar-refractivity contribution < 1.29 is 14.7 Å². The van der Waals surface area contributed by atoms with Crippen LogP contribution in [0.1, 0.15) is 35.7 Å². The van der Waals surface area contributed by atoms with Crippen molar-refractivity contribution in [1.82, 2.24) is 4.90 Å². The maximum absolute atomic E-state index is 12.5. The topological polar surface area (TPSA) is 83.6 Å². The predicted octanol–water partition coefficient (Wildman–Crippen LogP) is 1.90. The molecule has 1 amide bonds. The fourth-order valence-corrected chi connectivity index (χ4v) is 2.67. The fourth-order valence-electron chi connectivity index (χ4n) is 2.67. The van der Waals surface area contributed by atoms with Crippen molar-refractivity contribution >= 4 is 17.6 Å². The lowest BCUT2D eigenvalue weighted by Crippen LogP contribution is -2.46. The molecule has 1 fully saturated rings. The average Bonchev–Trinajstić information content (AvgIpc) is 2.41. The molecule has 0 bridgehead atoms. The molecule has 1 saturated heterocycles. The van der Waals surface area contributed by atoms with Gasteiger partial charge in [0, 0.05) is 23.8 Å². The van der Waals surface area contributed by atoms with E-state index in [0.29, 0.717) is 30.6 Å². The van der Waals surface area contributed by atoms with E-state index in [2.05, 4.69) is 0 Å². The second-order valence-electron chi connectivity index (χ2n) is 5.48. The highest BCUT2D eigenvalue weighted by atomic mass is 16.4. The summed E-state index contributed by atoms with van der Waals surface area (Å²) in [6.45, 7) is 4.25. The number of amides is 1. The van der Waals surface area contributed by atoms with E-state index in [1.807, 2.05) is 13.8 Å². The molecule has 5 nitrogen and oxygen atoms in total. The number of aliphatic carboxylic acids is 1. The molecule has 108 valence electrons. The largest absolute Gasteiger partial charge is 0.481 e. The van der Waals surface area contributed by atoms with Crippen molar-refractivity contribution in [1.29, 1.82) is 0 Å². The molecule has 0 saturated carbocycles. The number of carbonyl (C=O) groups excluding carboxylic acids is 1. The molecule has 0 radical (unpaired) electrons. The first-order chi connectivity index (χ1) is 9.40. The Hall–Kier alpha value is -2.04. The molecule has 2 atom stereocenters. The summed E-state index contributed by atoms with van der Waals surface area (Å²) < 4.78 is 0. The number of aryl methyl sites for hydroxylation is 1. The number of rotatable bonds is 2. The molecule has 1 heterocycles. The lowest BCUT2D eigenvalue weighted by molar-refractivity contribution is -0.143. The molecule has 20 heavy (non-hydrogen) atoms. The molecular formula is C15H20N2O3. The van der Waals surface area contributed by atoms with Crippen molar-refractivity contribution in [2.75, 3.05) is 12.3 Å². The number of piperidine rings is 1. The van der Waals surface area contributed by atoms with E-state index in [1.165, 1.54) is 0 Å². The quantitative estimate of drug-likeness (QED) is 0.808. The molecule has 0 aromatic heterocycles. The van der Waals surface area contributed by atoms with Crippen LogP contribution in [-0.4, -0.2) is 34.5 Å². The standard InChI is InChI=1S/C15H20N2O3/c1-9-7-11(3-4-13(9)16)14(18)17-6-5-12(15(19)20)8-10(17)2/h3-4,7,10,12H,5-6,8,16H2,1-2H3,(H,19,20). The minimum absolute atomic E-state index is 0.0514. The molecule has 5 heteroatoms. The number of hydrogen-bond donors (Lipinski definition) is 2. The maximum atomic E-state index is 12.5. The van der Waals surface area contributed by atoms with Crippen LogP contribution in [0.15, 0.2) is 18.2 Å². The number of hydrogen-bond acceptors (Lipinski definition) is 3. The number of carbonyl (C=O) groups is 2. The predicted molar refractivity (Wildman–Crippen MR) is 76.4 cm³/mol. The summed E-state index contributed by atoms with van der Waals surface area (Å²) >= 11 is 0. The third-order valence-electron chi connectivity index (χ3n) is 4.00. The summed E-state index contributed by atoms with van der Waals surface area (Å²) in [7, 11) is 0. The molecule has 2 rings (SSSR count). The number of carboxylic acids is 1. The molecule has 1 aliphatic rings. The summed E-state index contributed by atoms with van der Waals surface area (Å²) in [5.41, 5.74) is 7.91. The summed E-state index contributed by atoms with van der Waals surface area (Å²) in [6, 6.07) is 5.18. The van der Waals surface area contributed by atoms with Crippen LogP contribution >= 0.6 is 0 Å². The first-order valence-electron chi connectivity index (χ1n) is 6.80. The first kappa shape index (κ1) is 14.4. The Kier molecular flexibility index (Phi) is 3.97. The third kappa shape index (κ3) is 2.76. The minimum Gasteiger partial charge on any atom is -0.481 e. The van der Waals surface area contributed by atoms with Gasteiger partial charge in [0.1, 0.15) is 0 Å². The van der Waals surface area contributed by atoms with Gasteiger partial charge >= 0.3 is 5.97 Å². The van der Waals surface area contributed by atoms with Crippen LogP contribution in [0.3, 0.4) is 0 Å². The lowest BCUT2D eigenvalue weighted by atomic mass is 9.91. The van der Waals surface area contributed by atoms with Gasteiger partial charge < -0.3 is 15.7 Å². The van der Waals surface area contributed by atoms with Gasteiger partial charge in [0.2, 0.25) is 0 Å². The van der Waals surface area contributed by atoms with Gasteiger partial charge in [0.25, 0.3) is 5.91 Å². The van der Waals surface area contributed by atoms with E-state index < -0.39 is 5.97 Å². The molecule has 0 aliphatic carbocycles. The molecule has 3 N–H and O–H groups in total. The molecular weight excluding hydrogens is 256 g/mol. The van der Waals surface area contributed by atoms with Crippen LogP contribution in [0.2, 0.25) is 0 Å². The van der Waals surface area contributed by atoms with Crippen LogP contribution in [0.4, 0.5) is 5.69 Å². The van der Waals surface area contributed by atoms with Crippen molar-refractivity contribution in [2.45, 2.75) is 32.7 Å². The zero-order chi connectivity index (χ0) is 14.9. The first-order valence-corrected chi connectivity index (χ1v) is 6.80. The zero-order valence-corrected chi connectivity index (χ0v) is 11.8. The van der Waals surface area contributed by atoms with Crippen LogP contribution in [0.25, 0.3) is 0 Å². The van der Waals surface area contributed by atoms with E-state index in [-0.39, 0.29) is 17.9 Å². The Labute approximate surface area is 118 Å². The van der Waals surface area contributed by atoms with E-state index in [1.54, 1.807) is 23.1 Å². The molecule has 1 aromatic rings. The summed E-state index contributed by atoms with van der Waals surface area (Å²) in [5, 5.41) is 9.05. The normalized spacial score (nSPS) is 22.6. The Morgan fingerprint density at radius 3 is 2.65 bits per heavy atom. The average molecular weight is 276 g/mol. The van der Waals surface area contributed by atoms with Crippen LogP contribution in [0.5, 0.6) is 0 Å². The number of nitrogens with zero attached hydrogens (tertiary/aromatic N) is 1.